The predicted molar refractivity (Wildman–Crippen MR) is 162 cm³/mol. The van der Waals surface area contributed by atoms with E-state index in [1.807, 2.05) is 20.8 Å². The molecule has 0 unspecified atom stereocenters. The molecule has 214 valence electrons. The van der Waals surface area contributed by atoms with Gasteiger partial charge in [0.1, 0.15) is 12.6 Å². The summed E-state index contributed by atoms with van der Waals surface area (Å²) in [6, 6.07) is 16.5. The smallest absolute Gasteiger partial charge is 0.264 e. The fraction of sp³-hybridized carbons (Fsp3) is 0.310. The van der Waals surface area contributed by atoms with Gasteiger partial charge in [0.2, 0.25) is 11.8 Å². The fourth-order valence-corrected chi connectivity index (χ4v) is 5.92. The SMILES string of the molecule is CC[C@H](C)NC(=O)[C@@H](C)N(Cc1ccc(Cl)cc1)C(=O)CN(c1cc(Cl)cc(Cl)c1)S(=O)(=O)c1ccc(C)cc1. The quantitative estimate of drug-likeness (QED) is 0.265. The molecule has 0 aliphatic heterocycles. The lowest BCUT2D eigenvalue weighted by Gasteiger charge is -2.32. The minimum atomic E-state index is -4.23. The number of rotatable bonds is 11. The van der Waals surface area contributed by atoms with E-state index in [9.17, 15) is 18.0 Å². The summed E-state index contributed by atoms with van der Waals surface area (Å²) in [6.07, 6.45) is 0.710. The number of hydrogen-bond donors (Lipinski definition) is 1. The third-order valence-corrected chi connectivity index (χ3v) is 8.93. The minimum Gasteiger partial charge on any atom is -0.352 e. The first kappa shape index (κ1) is 31.7. The summed E-state index contributed by atoms with van der Waals surface area (Å²) in [4.78, 5) is 28.4. The van der Waals surface area contributed by atoms with Crippen LogP contribution in [0.2, 0.25) is 15.1 Å². The van der Waals surface area contributed by atoms with Crippen molar-refractivity contribution in [2.24, 2.45) is 0 Å². The Morgan fingerprint density at radius 2 is 1.45 bits per heavy atom. The number of amides is 2. The number of nitrogens with one attached hydrogen (secondary N) is 1. The molecule has 0 aliphatic rings. The molecular weight excluding hydrogens is 593 g/mol. The molecule has 0 aromatic heterocycles. The summed E-state index contributed by atoms with van der Waals surface area (Å²) in [7, 11) is -4.23. The van der Waals surface area contributed by atoms with Gasteiger partial charge in [0, 0.05) is 27.7 Å². The van der Waals surface area contributed by atoms with E-state index in [4.69, 9.17) is 34.8 Å². The molecule has 0 heterocycles. The molecule has 0 bridgehead atoms. The van der Waals surface area contributed by atoms with Crippen LogP contribution < -0.4 is 9.62 Å². The maximum absolute atomic E-state index is 13.9. The first-order valence-electron chi connectivity index (χ1n) is 12.7. The van der Waals surface area contributed by atoms with Gasteiger partial charge in [0.15, 0.2) is 0 Å². The van der Waals surface area contributed by atoms with Crippen molar-refractivity contribution in [3.8, 4) is 0 Å². The molecule has 0 radical (unpaired) electrons. The zero-order chi connectivity index (χ0) is 29.6. The first-order valence-corrected chi connectivity index (χ1v) is 15.3. The summed E-state index contributed by atoms with van der Waals surface area (Å²) in [6.45, 7) is 6.72. The standard InChI is InChI=1S/C29H32Cl3N3O4S/c1-5-20(3)33-29(37)21(4)34(17-22-8-10-23(30)11-9-22)28(36)18-35(26-15-24(31)14-25(32)16-26)40(38,39)27-12-6-19(2)7-13-27/h6-16,20-21H,5,17-18H2,1-4H3,(H,33,37)/t20-,21+/m0/s1. The minimum absolute atomic E-state index is 0.00573. The van der Waals surface area contributed by atoms with Gasteiger partial charge in [-0.05, 0) is 75.2 Å². The van der Waals surface area contributed by atoms with Crippen molar-refractivity contribution in [3.05, 3.63) is 92.9 Å². The van der Waals surface area contributed by atoms with Crippen LogP contribution in [0, 0.1) is 6.92 Å². The van der Waals surface area contributed by atoms with Crippen LogP contribution in [0.5, 0.6) is 0 Å². The second-order valence-corrected chi connectivity index (χ2v) is 12.8. The molecule has 0 fully saturated rings. The van der Waals surface area contributed by atoms with Crippen LogP contribution in [0.3, 0.4) is 0 Å². The number of anilines is 1. The fourth-order valence-electron chi connectivity index (χ4n) is 3.88. The Kier molecular flexibility index (Phi) is 10.9. The van der Waals surface area contributed by atoms with Gasteiger partial charge in [-0.25, -0.2) is 8.42 Å². The molecule has 7 nitrogen and oxygen atoms in total. The van der Waals surface area contributed by atoms with E-state index in [2.05, 4.69) is 5.32 Å². The molecule has 1 N–H and O–H groups in total. The molecule has 3 rings (SSSR count). The Labute approximate surface area is 251 Å². The average Bonchev–Trinajstić information content (AvgIpc) is 2.90. The van der Waals surface area contributed by atoms with Crippen molar-refractivity contribution in [2.75, 3.05) is 10.8 Å². The predicted octanol–water partition coefficient (Wildman–Crippen LogP) is 6.48. The molecule has 40 heavy (non-hydrogen) atoms. The molecule has 0 saturated heterocycles. The second-order valence-electron chi connectivity index (χ2n) is 9.59. The highest BCUT2D eigenvalue weighted by Crippen LogP contribution is 2.30. The van der Waals surface area contributed by atoms with Gasteiger partial charge in [0.25, 0.3) is 10.0 Å². The summed E-state index contributed by atoms with van der Waals surface area (Å²) in [5.41, 5.74) is 1.72. The lowest BCUT2D eigenvalue weighted by atomic mass is 10.1. The third-order valence-electron chi connectivity index (χ3n) is 6.46. The summed E-state index contributed by atoms with van der Waals surface area (Å²) < 4.78 is 28.7. The maximum atomic E-state index is 13.9. The largest absolute Gasteiger partial charge is 0.352 e. The number of halogens is 3. The highest BCUT2D eigenvalue weighted by Gasteiger charge is 2.33. The highest BCUT2D eigenvalue weighted by molar-refractivity contribution is 7.92. The van der Waals surface area contributed by atoms with Crippen LogP contribution in [0.25, 0.3) is 0 Å². The van der Waals surface area contributed by atoms with Crippen molar-refractivity contribution in [3.63, 3.8) is 0 Å². The van der Waals surface area contributed by atoms with Crippen LogP contribution in [0.1, 0.15) is 38.3 Å². The van der Waals surface area contributed by atoms with E-state index in [1.54, 1.807) is 43.3 Å². The van der Waals surface area contributed by atoms with Gasteiger partial charge in [-0.15, -0.1) is 0 Å². The van der Waals surface area contributed by atoms with Crippen molar-refractivity contribution in [1.29, 1.82) is 0 Å². The van der Waals surface area contributed by atoms with Gasteiger partial charge >= 0.3 is 0 Å². The molecular formula is C29H32Cl3N3O4S. The number of carbonyl (C=O) groups excluding carboxylic acids is 2. The van der Waals surface area contributed by atoms with Crippen molar-refractivity contribution in [2.45, 2.75) is 57.6 Å². The highest BCUT2D eigenvalue weighted by atomic mass is 35.5. The molecule has 0 spiro atoms. The van der Waals surface area contributed by atoms with Crippen molar-refractivity contribution in [1.82, 2.24) is 10.2 Å². The van der Waals surface area contributed by atoms with Crippen LogP contribution in [-0.2, 0) is 26.2 Å². The number of sulfonamides is 1. The number of hydrogen-bond acceptors (Lipinski definition) is 4. The normalized spacial score (nSPS) is 12.9. The van der Waals surface area contributed by atoms with E-state index < -0.39 is 28.5 Å². The van der Waals surface area contributed by atoms with E-state index in [0.29, 0.717) is 11.4 Å². The summed E-state index contributed by atoms with van der Waals surface area (Å²) in [5.74, 6) is -0.941. The zero-order valence-corrected chi connectivity index (χ0v) is 25.8. The topological polar surface area (TPSA) is 86.8 Å². The van der Waals surface area contributed by atoms with E-state index in [-0.39, 0.29) is 39.1 Å². The van der Waals surface area contributed by atoms with Gasteiger partial charge in [0.05, 0.1) is 10.6 Å². The van der Waals surface area contributed by atoms with Crippen LogP contribution in [0.4, 0.5) is 5.69 Å². The third kappa shape index (κ3) is 8.13. The Morgan fingerprint density at radius 1 is 0.875 bits per heavy atom. The first-order chi connectivity index (χ1) is 18.8. The molecule has 0 aliphatic carbocycles. The molecule has 3 aromatic carbocycles. The maximum Gasteiger partial charge on any atom is 0.264 e. The Morgan fingerprint density at radius 3 is 2.00 bits per heavy atom. The molecule has 2 atom stereocenters. The number of aryl methyl sites for hydroxylation is 1. The number of benzene rings is 3. The number of nitrogens with zero attached hydrogens (tertiary/aromatic N) is 2. The van der Waals surface area contributed by atoms with E-state index >= 15 is 0 Å². The number of carbonyl (C=O) groups is 2. The monoisotopic (exact) mass is 623 g/mol. The van der Waals surface area contributed by atoms with E-state index in [0.717, 1.165) is 15.4 Å². The van der Waals surface area contributed by atoms with Crippen LogP contribution in [0.15, 0.2) is 71.6 Å². The summed E-state index contributed by atoms with van der Waals surface area (Å²) in [5, 5.41) is 3.84. The van der Waals surface area contributed by atoms with Crippen LogP contribution in [-0.4, -0.2) is 43.8 Å². The average molecular weight is 625 g/mol. The summed E-state index contributed by atoms with van der Waals surface area (Å²) >= 11 is 18.5. The van der Waals surface area contributed by atoms with Crippen molar-refractivity contribution >= 4 is 62.3 Å². The Hall–Kier alpha value is -2.78. The molecule has 3 aromatic rings. The van der Waals surface area contributed by atoms with Crippen LogP contribution >= 0.6 is 34.8 Å². The lowest BCUT2D eigenvalue weighted by molar-refractivity contribution is -0.139. The van der Waals surface area contributed by atoms with Gasteiger partial charge in [-0.3, -0.25) is 13.9 Å². The molecule has 0 saturated carbocycles. The molecule has 11 heteroatoms. The lowest BCUT2D eigenvalue weighted by Crippen LogP contribution is -2.52. The second kappa shape index (κ2) is 13.7. The van der Waals surface area contributed by atoms with Gasteiger partial charge < -0.3 is 10.2 Å². The van der Waals surface area contributed by atoms with E-state index in [1.165, 1.54) is 35.2 Å². The van der Waals surface area contributed by atoms with Gasteiger partial charge in [-0.2, -0.15) is 0 Å². The van der Waals surface area contributed by atoms with Gasteiger partial charge in [-0.1, -0.05) is 71.6 Å². The zero-order valence-electron chi connectivity index (χ0n) is 22.7. The Balaban J connectivity index is 2.05. The van der Waals surface area contributed by atoms with Crippen molar-refractivity contribution < 1.29 is 18.0 Å². The molecule has 2 amide bonds. The Bertz CT molecular complexity index is 1430.